The van der Waals surface area contributed by atoms with Crippen molar-refractivity contribution >= 4 is 5.69 Å². The van der Waals surface area contributed by atoms with E-state index in [0.717, 1.165) is 5.69 Å². The summed E-state index contributed by atoms with van der Waals surface area (Å²) < 4.78 is 5.15. The van der Waals surface area contributed by atoms with Crippen molar-refractivity contribution in [3.63, 3.8) is 0 Å². The maximum atomic E-state index is 9.95. The van der Waals surface area contributed by atoms with Crippen molar-refractivity contribution in [1.29, 1.82) is 5.26 Å². The van der Waals surface area contributed by atoms with Gasteiger partial charge in [-0.3, -0.25) is 0 Å². The topological polar surface area (TPSA) is 82.1 Å². The normalized spacial score (nSPS) is 13.5. The van der Waals surface area contributed by atoms with Crippen LogP contribution in [0.5, 0.6) is 0 Å². The molecule has 2 heterocycles. The monoisotopic (exact) mass is 257 g/mol. The highest BCUT2D eigenvalue weighted by atomic mass is 16.4. The Hall–Kier alpha value is -2.32. The van der Waals surface area contributed by atoms with Gasteiger partial charge in [0.15, 0.2) is 0 Å². The average molecular weight is 257 g/mol. The average Bonchev–Trinajstić information content (AvgIpc) is 2.93. The minimum Gasteiger partial charge on any atom is -0.467 e. The van der Waals surface area contributed by atoms with E-state index in [9.17, 15) is 5.11 Å². The lowest BCUT2D eigenvalue weighted by atomic mass is 10.1. The van der Waals surface area contributed by atoms with Gasteiger partial charge < -0.3 is 14.8 Å². The number of pyridine rings is 1. The van der Waals surface area contributed by atoms with E-state index in [0.29, 0.717) is 17.9 Å². The van der Waals surface area contributed by atoms with E-state index in [1.165, 1.54) is 0 Å². The van der Waals surface area contributed by atoms with Crippen LogP contribution in [-0.4, -0.2) is 16.1 Å². The van der Waals surface area contributed by atoms with Crippen molar-refractivity contribution in [2.75, 3.05) is 5.32 Å². The fourth-order valence-electron chi connectivity index (χ4n) is 1.82. The number of nitrogens with zero attached hydrogens (tertiary/aromatic N) is 2. The molecule has 0 aliphatic rings. The Morgan fingerprint density at radius 1 is 1.47 bits per heavy atom. The van der Waals surface area contributed by atoms with Gasteiger partial charge in [-0.1, -0.05) is 0 Å². The van der Waals surface area contributed by atoms with Crippen LogP contribution < -0.4 is 5.32 Å². The van der Waals surface area contributed by atoms with Gasteiger partial charge in [0.1, 0.15) is 23.6 Å². The quantitative estimate of drug-likeness (QED) is 0.859. The number of hydrogen-bond donors (Lipinski definition) is 2. The molecule has 2 aromatic rings. The lowest BCUT2D eigenvalue weighted by Gasteiger charge is -2.17. The Morgan fingerprint density at radius 3 is 2.89 bits per heavy atom. The lowest BCUT2D eigenvalue weighted by molar-refractivity contribution is 0.136. The van der Waals surface area contributed by atoms with Crippen LogP contribution >= 0.6 is 0 Å². The first-order valence-electron chi connectivity index (χ1n) is 6.03. The van der Waals surface area contributed by atoms with E-state index < -0.39 is 6.10 Å². The third-order valence-electron chi connectivity index (χ3n) is 2.74. The summed E-state index contributed by atoms with van der Waals surface area (Å²) in [6.07, 6.45) is 3.03. The summed E-state index contributed by atoms with van der Waals surface area (Å²) in [4.78, 5) is 3.97. The van der Waals surface area contributed by atoms with Gasteiger partial charge in [-0.2, -0.15) is 5.26 Å². The minimum absolute atomic E-state index is 0.0508. The number of furan rings is 1. The molecule has 0 saturated carbocycles. The number of aliphatic hydroxyl groups excluding tert-OH is 1. The Balaban J connectivity index is 1.90. The highest BCUT2D eigenvalue weighted by Gasteiger charge is 2.14. The molecule has 2 aromatic heterocycles. The molecular weight excluding hydrogens is 242 g/mol. The van der Waals surface area contributed by atoms with Crippen LogP contribution in [0.15, 0.2) is 41.1 Å². The Bertz CT molecular complexity index is 543. The van der Waals surface area contributed by atoms with Crippen molar-refractivity contribution in [3.8, 4) is 6.07 Å². The van der Waals surface area contributed by atoms with Crippen LogP contribution in [0.1, 0.15) is 30.9 Å². The zero-order valence-electron chi connectivity index (χ0n) is 10.6. The zero-order valence-corrected chi connectivity index (χ0v) is 10.6. The van der Waals surface area contributed by atoms with E-state index in [1.807, 2.05) is 13.0 Å². The molecule has 5 nitrogen and oxygen atoms in total. The number of aliphatic hydroxyl groups is 1. The van der Waals surface area contributed by atoms with Gasteiger partial charge in [-0.05, 0) is 31.2 Å². The fraction of sp³-hybridized carbons (Fsp3) is 0.286. The zero-order chi connectivity index (χ0) is 13.7. The van der Waals surface area contributed by atoms with Gasteiger partial charge in [0.05, 0.1) is 18.1 Å². The Morgan fingerprint density at radius 2 is 2.32 bits per heavy atom. The van der Waals surface area contributed by atoms with E-state index in [2.05, 4.69) is 10.3 Å². The maximum absolute atomic E-state index is 9.95. The van der Waals surface area contributed by atoms with Crippen LogP contribution in [0.4, 0.5) is 5.69 Å². The first-order valence-corrected chi connectivity index (χ1v) is 6.03. The maximum Gasteiger partial charge on any atom is 0.140 e. The molecule has 2 atom stereocenters. The van der Waals surface area contributed by atoms with Crippen molar-refractivity contribution in [2.24, 2.45) is 0 Å². The molecule has 0 bridgehead atoms. The van der Waals surface area contributed by atoms with Crippen LogP contribution in [0.25, 0.3) is 0 Å². The molecule has 5 heteroatoms. The molecule has 2 rings (SSSR count). The van der Waals surface area contributed by atoms with Gasteiger partial charge in [0.2, 0.25) is 0 Å². The van der Waals surface area contributed by atoms with Gasteiger partial charge in [0, 0.05) is 12.5 Å². The molecule has 0 spiro atoms. The van der Waals surface area contributed by atoms with E-state index in [1.54, 1.807) is 36.7 Å². The molecule has 2 N–H and O–H groups in total. The van der Waals surface area contributed by atoms with Gasteiger partial charge in [0.25, 0.3) is 0 Å². The molecule has 0 saturated heterocycles. The third-order valence-corrected chi connectivity index (χ3v) is 2.74. The van der Waals surface area contributed by atoms with Gasteiger partial charge in [-0.25, -0.2) is 4.98 Å². The predicted molar refractivity (Wildman–Crippen MR) is 70.3 cm³/mol. The number of hydrogen-bond acceptors (Lipinski definition) is 5. The molecule has 0 aromatic carbocycles. The first kappa shape index (κ1) is 13.1. The SMILES string of the molecule is C[C@H](C[C@@H](O)c1ccco1)Nc1ccc(C#N)nc1. The largest absolute Gasteiger partial charge is 0.467 e. The minimum atomic E-state index is -0.635. The number of rotatable bonds is 5. The van der Waals surface area contributed by atoms with Crippen LogP contribution in [-0.2, 0) is 0 Å². The van der Waals surface area contributed by atoms with E-state index in [-0.39, 0.29) is 6.04 Å². The summed E-state index contributed by atoms with van der Waals surface area (Å²) in [5, 5.41) is 21.8. The fourth-order valence-corrected chi connectivity index (χ4v) is 1.82. The third kappa shape index (κ3) is 3.57. The summed E-state index contributed by atoms with van der Waals surface area (Å²) in [7, 11) is 0. The number of nitrogens with one attached hydrogen (secondary N) is 1. The Kier molecular flexibility index (Phi) is 4.16. The molecule has 0 radical (unpaired) electrons. The first-order chi connectivity index (χ1) is 9.19. The highest BCUT2D eigenvalue weighted by Crippen LogP contribution is 2.20. The van der Waals surface area contributed by atoms with E-state index in [4.69, 9.17) is 9.68 Å². The predicted octanol–water partition coefficient (Wildman–Crippen LogP) is 2.47. The molecule has 0 aliphatic heterocycles. The van der Waals surface area contributed by atoms with Crippen LogP contribution in [0, 0.1) is 11.3 Å². The summed E-state index contributed by atoms with van der Waals surface area (Å²) in [6.45, 7) is 1.96. The molecular formula is C14H15N3O2. The lowest BCUT2D eigenvalue weighted by Crippen LogP contribution is -2.18. The van der Waals surface area contributed by atoms with Crippen molar-refractivity contribution < 1.29 is 9.52 Å². The van der Waals surface area contributed by atoms with E-state index >= 15 is 0 Å². The van der Waals surface area contributed by atoms with Crippen molar-refractivity contribution in [3.05, 3.63) is 48.2 Å². The summed E-state index contributed by atoms with van der Waals surface area (Å²) >= 11 is 0. The number of nitriles is 1. The smallest absolute Gasteiger partial charge is 0.140 e. The standard InChI is InChI=1S/C14H15N3O2/c1-10(7-13(18)14-3-2-6-19-14)17-12-5-4-11(8-15)16-9-12/h2-6,9-10,13,17-18H,7H2,1H3/t10-,13-/m1/s1. The van der Waals surface area contributed by atoms with Crippen molar-refractivity contribution in [1.82, 2.24) is 4.98 Å². The van der Waals surface area contributed by atoms with Crippen LogP contribution in [0.2, 0.25) is 0 Å². The molecule has 19 heavy (non-hydrogen) atoms. The molecule has 0 fully saturated rings. The van der Waals surface area contributed by atoms with Crippen molar-refractivity contribution in [2.45, 2.75) is 25.5 Å². The summed E-state index contributed by atoms with van der Waals surface area (Å²) in [5.41, 5.74) is 1.20. The number of anilines is 1. The summed E-state index contributed by atoms with van der Waals surface area (Å²) in [5.74, 6) is 0.562. The molecule has 0 aliphatic carbocycles. The summed E-state index contributed by atoms with van der Waals surface area (Å²) in [6, 6.07) is 8.96. The van der Waals surface area contributed by atoms with Gasteiger partial charge in [-0.15, -0.1) is 0 Å². The number of aromatic nitrogens is 1. The Labute approximate surface area is 111 Å². The molecule has 0 amide bonds. The molecule has 98 valence electrons. The second-order valence-electron chi connectivity index (χ2n) is 4.36. The van der Waals surface area contributed by atoms with Crippen LogP contribution in [0.3, 0.4) is 0 Å². The second kappa shape index (κ2) is 6.03. The second-order valence-corrected chi connectivity index (χ2v) is 4.36. The highest BCUT2D eigenvalue weighted by molar-refractivity contribution is 5.43. The van der Waals surface area contributed by atoms with Gasteiger partial charge >= 0.3 is 0 Å². The molecule has 0 unspecified atom stereocenters.